The van der Waals surface area contributed by atoms with Gasteiger partial charge < -0.3 is 9.15 Å². The van der Waals surface area contributed by atoms with Crippen molar-refractivity contribution in [1.82, 2.24) is 0 Å². The number of benzene rings is 2. The fourth-order valence-electron chi connectivity index (χ4n) is 2.56. The average Bonchev–Trinajstić information content (AvgIpc) is 3.18. The van der Waals surface area contributed by atoms with E-state index in [-0.39, 0.29) is 5.41 Å². The third kappa shape index (κ3) is 5.96. The van der Waals surface area contributed by atoms with E-state index in [0.717, 1.165) is 32.9 Å². The Morgan fingerprint density at radius 3 is 2.32 bits per heavy atom. The van der Waals surface area contributed by atoms with Crippen LogP contribution >= 0.6 is 15.9 Å². The van der Waals surface area contributed by atoms with E-state index in [1.54, 1.807) is 6.26 Å². The van der Waals surface area contributed by atoms with Crippen LogP contribution in [0.1, 0.15) is 70.0 Å². The fourth-order valence-corrected chi connectivity index (χ4v) is 3.18. The molecule has 0 aliphatic heterocycles. The molecule has 2 aromatic carbocycles. The van der Waals surface area contributed by atoms with Gasteiger partial charge in [-0.2, -0.15) is 0 Å². The normalized spacial score (nSPS) is 10.4. The summed E-state index contributed by atoms with van der Waals surface area (Å²) in [5.41, 5.74) is 3.52. The van der Waals surface area contributed by atoms with Gasteiger partial charge in [-0.3, -0.25) is 4.79 Å². The summed E-state index contributed by atoms with van der Waals surface area (Å²) in [5.74, 6) is 0.612. The zero-order valence-electron chi connectivity index (χ0n) is 17.9. The summed E-state index contributed by atoms with van der Waals surface area (Å²) in [7, 11) is 0. The van der Waals surface area contributed by atoms with Crippen molar-refractivity contribution in [3.05, 3.63) is 63.8 Å². The number of furan rings is 1. The minimum Gasteiger partial charge on any atom is -0.488 e. The molecule has 152 valence electrons. The van der Waals surface area contributed by atoms with Crippen LogP contribution in [0, 0.1) is 0 Å². The molecule has 1 aromatic heterocycles. The van der Waals surface area contributed by atoms with E-state index in [0.29, 0.717) is 17.9 Å². The minimum atomic E-state index is -0.00173. The molecule has 1 heterocycles. The topological polar surface area (TPSA) is 39.4 Å². The molecular formula is C24H31BrO3. The monoisotopic (exact) mass is 446 g/mol. The van der Waals surface area contributed by atoms with Crippen molar-refractivity contribution in [2.75, 3.05) is 0 Å². The Morgan fingerprint density at radius 2 is 1.71 bits per heavy atom. The van der Waals surface area contributed by atoms with Crippen LogP contribution in [-0.4, -0.2) is 6.29 Å². The third-order valence-corrected chi connectivity index (χ3v) is 4.56. The second-order valence-electron chi connectivity index (χ2n) is 6.83. The third-order valence-electron chi connectivity index (χ3n) is 3.97. The number of fused-ring (bicyclic) bond motifs is 1. The molecule has 0 saturated carbocycles. The highest BCUT2D eigenvalue weighted by atomic mass is 79.9. The molecule has 0 aliphatic rings. The number of rotatable bonds is 4. The molecule has 0 bridgehead atoms. The van der Waals surface area contributed by atoms with Gasteiger partial charge in [-0.15, -0.1) is 0 Å². The van der Waals surface area contributed by atoms with Crippen LogP contribution in [0.2, 0.25) is 0 Å². The van der Waals surface area contributed by atoms with Crippen LogP contribution in [0.4, 0.5) is 0 Å². The molecule has 4 heteroatoms. The molecule has 3 aromatic rings. The van der Waals surface area contributed by atoms with Crippen LogP contribution in [0.3, 0.4) is 0 Å². The first-order valence-corrected chi connectivity index (χ1v) is 10.6. The lowest BCUT2D eigenvalue weighted by molar-refractivity contribution is 0.111. The van der Waals surface area contributed by atoms with Crippen molar-refractivity contribution >= 4 is 33.2 Å². The maximum Gasteiger partial charge on any atom is 0.153 e. The van der Waals surface area contributed by atoms with E-state index in [4.69, 9.17) is 9.15 Å². The van der Waals surface area contributed by atoms with Gasteiger partial charge in [0.1, 0.15) is 17.9 Å². The SMILES string of the molecule is CC.CC.CC(C)(C)c1ccc(C=O)c(OCc2cc(Br)c3occc3c2)c1. The predicted octanol–water partition coefficient (Wildman–Crippen LogP) is 7.94. The number of carbonyl (C=O) groups excluding carboxylic acids is 1. The molecule has 0 N–H and O–H groups in total. The summed E-state index contributed by atoms with van der Waals surface area (Å²) in [6.45, 7) is 14.8. The lowest BCUT2D eigenvalue weighted by Gasteiger charge is -2.20. The molecule has 0 fully saturated rings. The highest BCUT2D eigenvalue weighted by Gasteiger charge is 2.16. The Labute approximate surface area is 177 Å². The summed E-state index contributed by atoms with van der Waals surface area (Å²) in [4.78, 5) is 11.3. The van der Waals surface area contributed by atoms with Gasteiger partial charge in [-0.1, -0.05) is 54.5 Å². The van der Waals surface area contributed by atoms with Gasteiger partial charge in [0, 0.05) is 5.39 Å². The molecular weight excluding hydrogens is 416 g/mol. The highest BCUT2D eigenvalue weighted by Crippen LogP contribution is 2.30. The van der Waals surface area contributed by atoms with Gasteiger partial charge in [0.2, 0.25) is 0 Å². The number of aldehydes is 1. The van der Waals surface area contributed by atoms with E-state index >= 15 is 0 Å². The van der Waals surface area contributed by atoms with Crippen LogP contribution in [0.5, 0.6) is 5.75 Å². The van der Waals surface area contributed by atoms with Crippen molar-refractivity contribution < 1.29 is 13.9 Å². The molecule has 0 unspecified atom stereocenters. The van der Waals surface area contributed by atoms with Crippen molar-refractivity contribution in [2.45, 2.75) is 60.5 Å². The lowest BCUT2D eigenvalue weighted by atomic mass is 9.86. The second-order valence-corrected chi connectivity index (χ2v) is 7.68. The quantitative estimate of drug-likeness (QED) is 0.381. The van der Waals surface area contributed by atoms with Crippen LogP contribution in [0.25, 0.3) is 11.0 Å². The summed E-state index contributed by atoms with van der Waals surface area (Å²) < 4.78 is 12.3. The molecule has 0 aliphatic carbocycles. The van der Waals surface area contributed by atoms with Crippen LogP contribution in [-0.2, 0) is 12.0 Å². The predicted molar refractivity (Wildman–Crippen MR) is 121 cm³/mol. The molecule has 3 nitrogen and oxygen atoms in total. The summed E-state index contributed by atoms with van der Waals surface area (Å²) in [5, 5.41) is 1.02. The zero-order valence-corrected chi connectivity index (χ0v) is 19.5. The first-order valence-electron chi connectivity index (χ1n) is 9.76. The Balaban J connectivity index is 0.000000921. The first-order chi connectivity index (χ1) is 13.4. The maximum absolute atomic E-state index is 11.3. The molecule has 0 spiro atoms. The van der Waals surface area contributed by atoms with Crippen LogP contribution < -0.4 is 4.74 Å². The van der Waals surface area contributed by atoms with E-state index in [9.17, 15) is 4.79 Å². The minimum absolute atomic E-state index is 0.00173. The Bertz CT molecular complexity index is 888. The van der Waals surface area contributed by atoms with E-state index in [1.807, 2.05) is 64.1 Å². The molecule has 3 rings (SSSR count). The fraction of sp³-hybridized carbons (Fsp3) is 0.375. The largest absolute Gasteiger partial charge is 0.488 e. The zero-order chi connectivity index (χ0) is 21.3. The van der Waals surface area contributed by atoms with E-state index < -0.39 is 0 Å². The van der Waals surface area contributed by atoms with Crippen molar-refractivity contribution in [3.63, 3.8) is 0 Å². The number of carbonyl (C=O) groups is 1. The molecule has 0 amide bonds. The van der Waals surface area contributed by atoms with Gasteiger partial charge in [0.05, 0.1) is 16.3 Å². The first kappa shape index (κ1) is 24.0. The Kier molecular flexibility index (Phi) is 9.47. The smallest absolute Gasteiger partial charge is 0.153 e. The standard InChI is InChI=1S/C20H19BrO3.2C2H6/c1-20(2,3)16-5-4-15(11-22)18(10-16)24-12-13-8-14-6-7-23-19(14)17(21)9-13;2*1-2/h4-11H,12H2,1-3H3;2*1-2H3. The van der Waals surface area contributed by atoms with Crippen LogP contribution in [0.15, 0.2) is 51.6 Å². The van der Waals surface area contributed by atoms with Crippen molar-refractivity contribution in [2.24, 2.45) is 0 Å². The summed E-state index contributed by atoms with van der Waals surface area (Å²) in [6.07, 6.45) is 2.49. The van der Waals surface area contributed by atoms with Crippen molar-refractivity contribution in [1.29, 1.82) is 0 Å². The highest BCUT2D eigenvalue weighted by molar-refractivity contribution is 9.10. The van der Waals surface area contributed by atoms with E-state index in [2.05, 4.69) is 36.7 Å². The lowest BCUT2D eigenvalue weighted by Crippen LogP contribution is -2.11. The summed E-state index contributed by atoms with van der Waals surface area (Å²) >= 11 is 3.51. The van der Waals surface area contributed by atoms with Crippen molar-refractivity contribution in [3.8, 4) is 5.75 Å². The molecule has 0 saturated heterocycles. The number of halogens is 1. The van der Waals surface area contributed by atoms with E-state index in [1.165, 1.54) is 0 Å². The second kappa shape index (κ2) is 11.1. The Morgan fingerprint density at radius 1 is 1.04 bits per heavy atom. The van der Waals surface area contributed by atoms with Gasteiger partial charge in [-0.25, -0.2) is 0 Å². The molecule has 28 heavy (non-hydrogen) atoms. The Hall–Kier alpha value is -2.07. The van der Waals surface area contributed by atoms with Gasteiger partial charge >= 0.3 is 0 Å². The van der Waals surface area contributed by atoms with Gasteiger partial charge in [0.25, 0.3) is 0 Å². The number of hydrogen-bond donors (Lipinski definition) is 0. The summed E-state index contributed by atoms with van der Waals surface area (Å²) in [6, 6.07) is 11.7. The maximum atomic E-state index is 11.3. The van der Waals surface area contributed by atoms with Gasteiger partial charge in [-0.05, 0) is 62.8 Å². The number of ether oxygens (including phenoxy) is 1. The molecule has 0 atom stereocenters. The average molecular weight is 447 g/mol. The number of hydrogen-bond acceptors (Lipinski definition) is 3. The molecule has 0 radical (unpaired) electrons. The van der Waals surface area contributed by atoms with Gasteiger partial charge in [0.15, 0.2) is 6.29 Å².